The Morgan fingerprint density at radius 1 is 1.35 bits per heavy atom. The summed E-state index contributed by atoms with van der Waals surface area (Å²) < 4.78 is 0. The molecule has 1 aliphatic carbocycles. The van der Waals surface area contributed by atoms with Crippen molar-refractivity contribution < 1.29 is 5.11 Å². The number of nitrogens with one attached hydrogen (secondary N) is 1. The van der Waals surface area contributed by atoms with Gasteiger partial charge in [0, 0.05) is 25.7 Å². The summed E-state index contributed by atoms with van der Waals surface area (Å²) in [6.07, 6.45) is 6.26. The Morgan fingerprint density at radius 3 is 2.59 bits per heavy atom. The van der Waals surface area contributed by atoms with E-state index in [0.717, 1.165) is 13.1 Å². The number of hydrogen-bond acceptors (Lipinski definition) is 3. The van der Waals surface area contributed by atoms with Gasteiger partial charge < -0.3 is 15.3 Å². The fraction of sp³-hybridized carbons (Fsp3) is 1.00. The van der Waals surface area contributed by atoms with Crippen LogP contribution in [0.15, 0.2) is 0 Å². The number of β-amino-alcohol motifs (C(OH)–C–C–N with tert-alkyl or cyclic N) is 1. The van der Waals surface area contributed by atoms with E-state index in [1.165, 1.54) is 45.2 Å². The van der Waals surface area contributed by atoms with Gasteiger partial charge in [0.05, 0.1) is 6.10 Å². The Morgan fingerprint density at radius 2 is 2.06 bits per heavy atom. The predicted molar refractivity (Wildman–Crippen MR) is 71.1 cm³/mol. The zero-order valence-electron chi connectivity index (χ0n) is 11.4. The van der Waals surface area contributed by atoms with Crippen LogP contribution in [0.2, 0.25) is 0 Å². The second kappa shape index (κ2) is 5.68. The summed E-state index contributed by atoms with van der Waals surface area (Å²) in [5.41, 5.74) is 0.531. The van der Waals surface area contributed by atoms with Crippen LogP contribution in [-0.2, 0) is 0 Å². The van der Waals surface area contributed by atoms with Crippen molar-refractivity contribution in [1.29, 1.82) is 0 Å². The van der Waals surface area contributed by atoms with Crippen molar-refractivity contribution in [2.24, 2.45) is 5.41 Å². The van der Waals surface area contributed by atoms with Gasteiger partial charge in [0.15, 0.2) is 0 Å². The molecule has 3 nitrogen and oxygen atoms in total. The SMILES string of the molecule is CCC1(CC)CCN(CC(O)CNC2CC2)C1. The normalized spacial score (nSPS) is 26.3. The first-order valence-electron chi connectivity index (χ1n) is 7.31. The Bertz CT molecular complexity index is 236. The zero-order chi connectivity index (χ0) is 12.3. The highest BCUT2D eigenvalue weighted by atomic mass is 16.3. The first-order valence-corrected chi connectivity index (χ1v) is 7.31. The summed E-state index contributed by atoms with van der Waals surface area (Å²) in [4.78, 5) is 2.45. The van der Waals surface area contributed by atoms with Gasteiger partial charge in [0.25, 0.3) is 0 Å². The highest BCUT2D eigenvalue weighted by Gasteiger charge is 2.35. The van der Waals surface area contributed by atoms with E-state index >= 15 is 0 Å². The molecule has 2 N–H and O–H groups in total. The average molecular weight is 240 g/mol. The molecule has 1 heterocycles. The van der Waals surface area contributed by atoms with Crippen LogP contribution < -0.4 is 5.32 Å². The molecule has 2 rings (SSSR count). The van der Waals surface area contributed by atoms with Crippen LogP contribution >= 0.6 is 0 Å². The quantitative estimate of drug-likeness (QED) is 0.710. The number of hydrogen-bond donors (Lipinski definition) is 2. The molecule has 1 atom stereocenters. The average Bonchev–Trinajstić information content (AvgIpc) is 3.08. The Hall–Kier alpha value is -0.120. The minimum absolute atomic E-state index is 0.194. The smallest absolute Gasteiger partial charge is 0.0791 e. The third kappa shape index (κ3) is 3.67. The lowest BCUT2D eigenvalue weighted by Gasteiger charge is -2.27. The Balaban J connectivity index is 1.68. The van der Waals surface area contributed by atoms with Crippen LogP contribution in [0.1, 0.15) is 46.0 Å². The van der Waals surface area contributed by atoms with Gasteiger partial charge in [-0.05, 0) is 44.1 Å². The van der Waals surface area contributed by atoms with E-state index in [1.54, 1.807) is 0 Å². The summed E-state index contributed by atoms with van der Waals surface area (Å²) in [6, 6.07) is 0.702. The molecule has 0 amide bonds. The van der Waals surface area contributed by atoms with Crippen molar-refractivity contribution >= 4 is 0 Å². The number of rotatable bonds is 7. The molecule has 1 aliphatic heterocycles. The van der Waals surface area contributed by atoms with Crippen molar-refractivity contribution in [2.75, 3.05) is 26.2 Å². The molecule has 0 aromatic carbocycles. The number of aliphatic hydroxyl groups is 1. The van der Waals surface area contributed by atoms with Crippen LogP contribution in [0.3, 0.4) is 0 Å². The van der Waals surface area contributed by atoms with Gasteiger partial charge in [-0.2, -0.15) is 0 Å². The third-order valence-corrected chi connectivity index (χ3v) is 4.71. The number of nitrogens with zero attached hydrogens (tertiary/aromatic N) is 1. The minimum Gasteiger partial charge on any atom is -0.390 e. The molecule has 2 fully saturated rings. The molecular weight excluding hydrogens is 212 g/mol. The molecule has 3 heteroatoms. The molecule has 0 aromatic rings. The predicted octanol–water partition coefficient (Wildman–Crippen LogP) is 1.61. The molecule has 0 radical (unpaired) electrons. The van der Waals surface area contributed by atoms with Gasteiger partial charge in [-0.3, -0.25) is 0 Å². The Kier molecular flexibility index (Phi) is 4.45. The molecular formula is C14H28N2O. The van der Waals surface area contributed by atoms with E-state index in [9.17, 15) is 5.11 Å². The van der Waals surface area contributed by atoms with E-state index in [1.807, 2.05) is 0 Å². The fourth-order valence-corrected chi connectivity index (χ4v) is 2.96. The molecule has 1 unspecified atom stereocenters. The standard InChI is InChI=1S/C14H28N2O/c1-3-14(4-2)7-8-16(11-14)10-13(17)9-15-12-5-6-12/h12-13,15,17H,3-11H2,1-2H3. The fourth-order valence-electron chi connectivity index (χ4n) is 2.96. The van der Waals surface area contributed by atoms with E-state index in [4.69, 9.17) is 0 Å². The van der Waals surface area contributed by atoms with Gasteiger partial charge in [-0.1, -0.05) is 13.8 Å². The lowest BCUT2D eigenvalue weighted by atomic mass is 9.82. The van der Waals surface area contributed by atoms with Crippen molar-refractivity contribution in [3.8, 4) is 0 Å². The third-order valence-electron chi connectivity index (χ3n) is 4.71. The summed E-state index contributed by atoms with van der Waals surface area (Å²) >= 11 is 0. The van der Waals surface area contributed by atoms with Crippen molar-refractivity contribution in [3.05, 3.63) is 0 Å². The van der Waals surface area contributed by atoms with Crippen molar-refractivity contribution in [2.45, 2.75) is 58.1 Å². The maximum absolute atomic E-state index is 10.00. The molecule has 2 aliphatic rings. The zero-order valence-corrected chi connectivity index (χ0v) is 11.4. The largest absolute Gasteiger partial charge is 0.390 e. The van der Waals surface area contributed by atoms with Crippen LogP contribution in [0.4, 0.5) is 0 Å². The molecule has 1 saturated carbocycles. The summed E-state index contributed by atoms with van der Waals surface area (Å²) in [5, 5.41) is 13.4. The van der Waals surface area contributed by atoms with Crippen molar-refractivity contribution in [1.82, 2.24) is 10.2 Å². The summed E-state index contributed by atoms with van der Waals surface area (Å²) in [7, 11) is 0. The minimum atomic E-state index is -0.194. The van der Waals surface area contributed by atoms with Gasteiger partial charge in [0.1, 0.15) is 0 Å². The number of aliphatic hydroxyl groups excluding tert-OH is 1. The van der Waals surface area contributed by atoms with E-state index < -0.39 is 0 Å². The highest BCUT2D eigenvalue weighted by Crippen LogP contribution is 2.36. The van der Waals surface area contributed by atoms with Crippen LogP contribution in [0.25, 0.3) is 0 Å². The summed E-state index contributed by atoms with van der Waals surface area (Å²) in [5.74, 6) is 0. The second-order valence-electron chi connectivity index (χ2n) is 6.03. The van der Waals surface area contributed by atoms with Gasteiger partial charge >= 0.3 is 0 Å². The molecule has 1 saturated heterocycles. The van der Waals surface area contributed by atoms with Crippen LogP contribution in [-0.4, -0.2) is 48.3 Å². The maximum Gasteiger partial charge on any atom is 0.0791 e. The molecule has 0 aromatic heterocycles. The van der Waals surface area contributed by atoms with Gasteiger partial charge in [-0.25, -0.2) is 0 Å². The van der Waals surface area contributed by atoms with Gasteiger partial charge in [-0.15, -0.1) is 0 Å². The second-order valence-corrected chi connectivity index (χ2v) is 6.03. The highest BCUT2D eigenvalue weighted by molar-refractivity contribution is 4.89. The molecule has 0 spiro atoms. The van der Waals surface area contributed by atoms with E-state index in [2.05, 4.69) is 24.1 Å². The topological polar surface area (TPSA) is 35.5 Å². The van der Waals surface area contributed by atoms with Crippen LogP contribution in [0.5, 0.6) is 0 Å². The Labute approximate surface area is 106 Å². The van der Waals surface area contributed by atoms with Gasteiger partial charge in [0.2, 0.25) is 0 Å². The molecule has 17 heavy (non-hydrogen) atoms. The number of likely N-dealkylation sites (tertiary alicyclic amines) is 1. The lowest BCUT2D eigenvalue weighted by Crippen LogP contribution is -2.38. The summed E-state index contributed by atoms with van der Waals surface area (Å²) in [6.45, 7) is 8.58. The monoisotopic (exact) mass is 240 g/mol. The van der Waals surface area contributed by atoms with Crippen LogP contribution in [0, 0.1) is 5.41 Å². The first kappa shape index (κ1) is 13.3. The lowest BCUT2D eigenvalue weighted by molar-refractivity contribution is 0.114. The maximum atomic E-state index is 10.00. The molecule has 100 valence electrons. The van der Waals surface area contributed by atoms with E-state index in [0.29, 0.717) is 11.5 Å². The van der Waals surface area contributed by atoms with Crippen molar-refractivity contribution in [3.63, 3.8) is 0 Å². The van der Waals surface area contributed by atoms with E-state index in [-0.39, 0.29) is 6.10 Å². The first-order chi connectivity index (χ1) is 8.17. The molecule has 0 bridgehead atoms.